The highest BCUT2D eigenvalue weighted by Crippen LogP contribution is 2.26. The zero-order valence-corrected chi connectivity index (χ0v) is 14.3. The lowest BCUT2D eigenvalue weighted by Crippen LogP contribution is -2.31. The maximum absolute atomic E-state index is 12.5. The fourth-order valence-corrected chi connectivity index (χ4v) is 2.69. The Hall–Kier alpha value is -2.34. The van der Waals surface area contributed by atoms with Crippen molar-refractivity contribution in [3.8, 4) is 5.75 Å². The first kappa shape index (κ1) is 16.5. The Morgan fingerprint density at radius 3 is 2.88 bits per heavy atom. The minimum absolute atomic E-state index is 0.134. The van der Waals surface area contributed by atoms with Crippen molar-refractivity contribution in [3.05, 3.63) is 51.4 Å². The third-order valence-electron chi connectivity index (χ3n) is 4.21. The summed E-state index contributed by atoms with van der Waals surface area (Å²) in [6.45, 7) is 4.40. The molecule has 0 atom stereocenters. The van der Waals surface area contributed by atoms with Crippen molar-refractivity contribution in [1.29, 1.82) is 0 Å². The number of rotatable bonds is 4. The highest BCUT2D eigenvalue weighted by molar-refractivity contribution is 5.42. The van der Waals surface area contributed by atoms with Gasteiger partial charge in [-0.25, -0.2) is 4.98 Å². The molecule has 0 unspecified atom stereocenters. The number of nitrogens with one attached hydrogen (secondary N) is 1. The van der Waals surface area contributed by atoms with E-state index < -0.39 is 5.60 Å². The zero-order chi connectivity index (χ0) is 17.3. The number of benzene rings is 1. The summed E-state index contributed by atoms with van der Waals surface area (Å²) >= 11 is 0. The van der Waals surface area contributed by atoms with Gasteiger partial charge in [-0.3, -0.25) is 9.78 Å². The van der Waals surface area contributed by atoms with Gasteiger partial charge < -0.3 is 14.7 Å². The molecule has 0 aliphatic carbocycles. The Kier molecular flexibility index (Phi) is 4.32. The summed E-state index contributed by atoms with van der Waals surface area (Å²) in [5.74, 6) is 1.30. The number of aromatic nitrogens is 2. The molecule has 128 valence electrons. The van der Waals surface area contributed by atoms with Crippen molar-refractivity contribution in [3.63, 3.8) is 0 Å². The molecular formula is C18H23N3O3. The Bertz CT molecular complexity index is 793. The second-order valence-corrected chi connectivity index (χ2v) is 6.87. The van der Waals surface area contributed by atoms with E-state index in [2.05, 4.69) is 9.97 Å². The monoisotopic (exact) mass is 329 g/mol. The molecule has 0 bridgehead atoms. The topological polar surface area (TPSA) is 78.5 Å². The molecule has 0 spiro atoms. The van der Waals surface area contributed by atoms with Gasteiger partial charge in [0.15, 0.2) is 0 Å². The van der Waals surface area contributed by atoms with E-state index in [1.54, 1.807) is 13.8 Å². The van der Waals surface area contributed by atoms with Gasteiger partial charge in [0.05, 0.1) is 11.3 Å². The number of ether oxygens (including phenoxy) is 1. The number of aromatic amines is 1. The molecule has 1 aromatic carbocycles. The van der Waals surface area contributed by atoms with Crippen molar-refractivity contribution >= 4 is 5.95 Å². The summed E-state index contributed by atoms with van der Waals surface area (Å²) < 4.78 is 5.81. The van der Waals surface area contributed by atoms with Crippen LogP contribution in [0.1, 0.15) is 37.1 Å². The summed E-state index contributed by atoms with van der Waals surface area (Å²) in [7, 11) is 1.85. The Balaban J connectivity index is 1.87. The van der Waals surface area contributed by atoms with Gasteiger partial charge in [0.1, 0.15) is 12.4 Å². The van der Waals surface area contributed by atoms with Crippen molar-refractivity contribution in [2.45, 2.75) is 38.9 Å². The number of aliphatic hydroxyl groups is 1. The summed E-state index contributed by atoms with van der Waals surface area (Å²) in [6, 6.07) is 7.73. The average Bonchev–Trinajstić information content (AvgIpc) is 2.72. The van der Waals surface area contributed by atoms with Crippen LogP contribution in [0, 0.1) is 0 Å². The average molecular weight is 329 g/mol. The predicted octanol–water partition coefficient (Wildman–Crippen LogP) is 1.85. The molecule has 0 saturated heterocycles. The lowest BCUT2D eigenvalue weighted by Gasteiger charge is -2.23. The molecule has 0 radical (unpaired) electrons. The number of hydrogen-bond acceptors (Lipinski definition) is 5. The lowest BCUT2D eigenvalue weighted by molar-refractivity contribution is 0.0733. The molecular weight excluding hydrogens is 306 g/mol. The highest BCUT2D eigenvalue weighted by atomic mass is 16.5. The van der Waals surface area contributed by atoms with Crippen molar-refractivity contribution in [1.82, 2.24) is 9.97 Å². The molecule has 0 saturated carbocycles. The summed E-state index contributed by atoms with van der Waals surface area (Å²) in [4.78, 5) is 21.8. The van der Waals surface area contributed by atoms with Crippen LogP contribution in [0.15, 0.2) is 29.1 Å². The molecule has 2 aromatic rings. The van der Waals surface area contributed by atoms with E-state index >= 15 is 0 Å². The number of hydrogen-bond donors (Lipinski definition) is 2. The smallest absolute Gasteiger partial charge is 0.256 e. The molecule has 1 aliphatic rings. The molecule has 1 aliphatic heterocycles. The Morgan fingerprint density at radius 2 is 2.12 bits per heavy atom. The molecule has 2 N–H and O–H groups in total. The number of fused-ring (bicyclic) bond motifs is 2. The minimum Gasteiger partial charge on any atom is -0.487 e. The van der Waals surface area contributed by atoms with Crippen molar-refractivity contribution < 1.29 is 9.84 Å². The lowest BCUT2D eigenvalue weighted by atomic mass is 10.0. The van der Waals surface area contributed by atoms with Crippen molar-refractivity contribution in [2.24, 2.45) is 0 Å². The van der Waals surface area contributed by atoms with E-state index in [0.717, 1.165) is 11.3 Å². The maximum atomic E-state index is 12.5. The quantitative estimate of drug-likeness (QED) is 0.895. The van der Waals surface area contributed by atoms with Gasteiger partial charge in [0.2, 0.25) is 5.95 Å². The normalized spacial score (nSPS) is 13.5. The largest absolute Gasteiger partial charge is 0.487 e. The van der Waals surface area contributed by atoms with Gasteiger partial charge in [-0.1, -0.05) is 18.2 Å². The highest BCUT2D eigenvalue weighted by Gasteiger charge is 2.20. The molecule has 6 heteroatoms. The van der Waals surface area contributed by atoms with E-state index in [1.807, 2.05) is 36.2 Å². The fourth-order valence-electron chi connectivity index (χ4n) is 2.69. The van der Waals surface area contributed by atoms with Crippen LogP contribution in [0.3, 0.4) is 0 Å². The van der Waals surface area contributed by atoms with Gasteiger partial charge in [-0.15, -0.1) is 0 Å². The van der Waals surface area contributed by atoms with Crippen molar-refractivity contribution in [2.75, 3.05) is 18.5 Å². The van der Waals surface area contributed by atoms with Crippen LogP contribution in [-0.4, -0.2) is 34.3 Å². The van der Waals surface area contributed by atoms with Crippen LogP contribution in [0.4, 0.5) is 5.95 Å². The third kappa shape index (κ3) is 3.59. The SMILES string of the molecule is CN(CCC(C)(C)O)c1nc2c(c(=O)[nH]1)Cc1ccccc1OC2. The predicted molar refractivity (Wildman–Crippen MR) is 92.6 cm³/mol. The Labute approximate surface area is 141 Å². The van der Waals surface area contributed by atoms with E-state index in [4.69, 9.17) is 4.74 Å². The molecule has 0 amide bonds. The van der Waals surface area contributed by atoms with Crippen LogP contribution >= 0.6 is 0 Å². The van der Waals surface area contributed by atoms with Crippen LogP contribution < -0.4 is 15.2 Å². The van der Waals surface area contributed by atoms with Crippen LogP contribution in [0.2, 0.25) is 0 Å². The summed E-state index contributed by atoms with van der Waals surface area (Å²) in [5, 5.41) is 9.86. The Morgan fingerprint density at radius 1 is 1.38 bits per heavy atom. The maximum Gasteiger partial charge on any atom is 0.256 e. The van der Waals surface area contributed by atoms with E-state index in [1.165, 1.54) is 0 Å². The molecule has 0 fully saturated rings. The number of anilines is 1. The van der Waals surface area contributed by atoms with Crippen LogP contribution in [0.5, 0.6) is 5.75 Å². The first-order valence-electron chi connectivity index (χ1n) is 8.10. The van der Waals surface area contributed by atoms with Gasteiger partial charge >= 0.3 is 0 Å². The van der Waals surface area contributed by atoms with E-state index in [9.17, 15) is 9.90 Å². The second kappa shape index (κ2) is 6.28. The standard InChI is InChI=1S/C18H23N3O3/c1-18(2,23)8-9-21(3)17-19-14-11-24-15-7-5-4-6-12(15)10-13(14)16(22)20-17/h4-7,23H,8-11H2,1-3H3,(H,19,20,22). The number of H-pyrrole nitrogens is 1. The first-order valence-corrected chi connectivity index (χ1v) is 8.10. The molecule has 6 nitrogen and oxygen atoms in total. The zero-order valence-electron chi connectivity index (χ0n) is 14.3. The third-order valence-corrected chi connectivity index (χ3v) is 4.21. The number of nitrogens with zero attached hydrogens (tertiary/aromatic N) is 2. The minimum atomic E-state index is -0.759. The summed E-state index contributed by atoms with van der Waals surface area (Å²) in [5.41, 5.74) is 1.42. The van der Waals surface area contributed by atoms with Gasteiger partial charge in [-0.2, -0.15) is 0 Å². The van der Waals surface area contributed by atoms with Gasteiger partial charge in [0.25, 0.3) is 5.56 Å². The van der Waals surface area contributed by atoms with Crippen LogP contribution in [-0.2, 0) is 13.0 Å². The van der Waals surface area contributed by atoms with E-state index in [-0.39, 0.29) is 12.2 Å². The van der Waals surface area contributed by atoms with Crippen LogP contribution in [0.25, 0.3) is 0 Å². The second-order valence-electron chi connectivity index (χ2n) is 6.87. The molecule has 24 heavy (non-hydrogen) atoms. The molecule has 2 heterocycles. The molecule has 1 aromatic heterocycles. The summed E-state index contributed by atoms with van der Waals surface area (Å²) in [6.07, 6.45) is 1.09. The van der Waals surface area contributed by atoms with Gasteiger partial charge in [-0.05, 0) is 31.9 Å². The first-order chi connectivity index (χ1) is 11.3. The number of para-hydroxylation sites is 1. The van der Waals surface area contributed by atoms with Gasteiger partial charge in [0, 0.05) is 25.6 Å². The van der Waals surface area contributed by atoms with E-state index in [0.29, 0.717) is 36.6 Å². The fraction of sp³-hybridized carbons (Fsp3) is 0.444. The molecule has 3 rings (SSSR count).